The van der Waals surface area contributed by atoms with Crippen LogP contribution in [0, 0.1) is 13.8 Å². The maximum Gasteiger partial charge on any atom is 0.251 e. The molecule has 5 nitrogen and oxygen atoms in total. The summed E-state index contributed by atoms with van der Waals surface area (Å²) in [6.07, 6.45) is -0.717. The highest BCUT2D eigenvalue weighted by molar-refractivity contribution is 5.94. The van der Waals surface area contributed by atoms with E-state index in [0.29, 0.717) is 12.1 Å². The minimum atomic E-state index is -0.717. The zero-order valence-electron chi connectivity index (χ0n) is 15.0. The van der Waals surface area contributed by atoms with Crippen LogP contribution in [0.2, 0.25) is 0 Å². The molecule has 2 N–H and O–H groups in total. The molecule has 0 unspecified atom stereocenters. The van der Waals surface area contributed by atoms with Gasteiger partial charge in [-0.2, -0.15) is 5.10 Å². The van der Waals surface area contributed by atoms with E-state index in [1.807, 2.05) is 67.1 Å². The van der Waals surface area contributed by atoms with Gasteiger partial charge in [0.05, 0.1) is 18.3 Å². The molecule has 3 aromatic rings. The lowest BCUT2D eigenvalue weighted by molar-refractivity contribution is 0.0916. The van der Waals surface area contributed by atoms with Crippen molar-refractivity contribution in [1.29, 1.82) is 0 Å². The summed E-state index contributed by atoms with van der Waals surface area (Å²) in [6, 6.07) is 18.8. The van der Waals surface area contributed by atoms with Crippen LogP contribution in [0.25, 0.3) is 0 Å². The van der Waals surface area contributed by atoms with Crippen LogP contribution in [0.15, 0.2) is 60.7 Å². The van der Waals surface area contributed by atoms with Gasteiger partial charge in [0.1, 0.15) is 0 Å². The lowest BCUT2D eigenvalue weighted by atomic mass is 10.1. The number of amides is 1. The van der Waals surface area contributed by atoms with Crippen molar-refractivity contribution in [1.82, 2.24) is 15.1 Å². The summed E-state index contributed by atoms with van der Waals surface area (Å²) in [7, 11) is 0. The quantitative estimate of drug-likeness (QED) is 0.719. The molecule has 134 valence electrons. The molecule has 1 atom stereocenters. The molecule has 0 aliphatic rings. The monoisotopic (exact) mass is 349 g/mol. The fourth-order valence-electron chi connectivity index (χ4n) is 2.85. The summed E-state index contributed by atoms with van der Waals surface area (Å²) in [6.45, 7) is 4.85. The number of carbonyl (C=O) groups excluding carboxylic acids is 1. The van der Waals surface area contributed by atoms with Gasteiger partial charge in [0.25, 0.3) is 5.91 Å². The van der Waals surface area contributed by atoms with Crippen LogP contribution < -0.4 is 5.32 Å². The van der Waals surface area contributed by atoms with Gasteiger partial charge in [-0.1, -0.05) is 42.5 Å². The molecule has 1 amide bonds. The topological polar surface area (TPSA) is 67.2 Å². The lowest BCUT2D eigenvalue weighted by Crippen LogP contribution is -2.28. The Morgan fingerprint density at radius 1 is 1.12 bits per heavy atom. The lowest BCUT2D eigenvalue weighted by Gasteiger charge is -2.12. The van der Waals surface area contributed by atoms with E-state index >= 15 is 0 Å². The zero-order chi connectivity index (χ0) is 18.5. The Labute approximate surface area is 153 Å². The van der Waals surface area contributed by atoms with Gasteiger partial charge in [-0.25, -0.2) is 0 Å². The number of rotatable bonds is 6. The van der Waals surface area contributed by atoms with Crippen LogP contribution in [0.3, 0.4) is 0 Å². The molecule has 0 radical (unpaired) electrons. The zero-order valence-corrected chi connectivity index (χ0v) is 15.0. The summed E-state index contributed by atoms with van der Waals surface area (Å²) in [5.74, 6) is -0.197. The van der Waals surface area contributed by atoms with E-state index in [1.165, 1.54) is 0 Å². The van der Waals surface area contributed by atoms with Gasteiger partial charge >= 0.3 is 0 Å². The summed E-state index contributed by atoms with van der Waals surface area (Å²) in [5.41, 5.74) is 4.54. The number of hydrogen-bond donors (Lipinski definition) is 2. The summed E-state index contributed by atoms with van der Waals surface area (Å²) in [5, 5.41) is 17.4. The Hall–Kier alpha value is -2.92. The van der Waals surface area contributed by atoms with Crippen molar-refractivity contribution in [2.75, 3.05) is 6.54 Å². The van der Waals surface area contributed by atoms with Crippen LogP contribution in [-0.2, 0) is 6.54 Å². The van der Waals surface area contributed by atoms with E-state index in [1.54, 1.807) is 12.1 Å². The molecule has 0 bridgehead atoms. The number of aliphatic hydroxyl groups excluding tert-OH is 1. The largest absolute Gasteiger partial charge is 0.387 e. The highest BCUT2D eigenvalue weighted by atomic mass is 16.3. The Morgan fingerprint density at radius 2 is 1.81 bits per heavy atom. The van der Waals surface area contributed by atoms with E-state index in [2.05, 4.69) is 10.4 Å². The van der Waals surface area contributed by atoms with Crippen LogP contribution >= 0.6 is 0 Å². The fourth-order valence-corrected chi connectivity index (χ4v) is 2.85. The van der Waals surface area contributed by atoms with Gasteiger partial charge < -0.3 is 10.4 Å². The molecule has 0 aliphatic heterocycles. The third-order valence-corrected chi connectivity index (χ3v) is 4.29. The van der Waals surface area contributed by atoms with Crippen molar-refractivity contribution >= 4 is 5.91 Å². The molecule has 1 heterocycles. The second-order valence-electron chi connectivity index (χ2n) is 6.42. The third-order valence-electron chi connectivity index (χ3n) is 4.29. The van der Waals surface area contributed by atoms with Gasteiger partial charge in [0.15, 0.2) is 0 Å². The number of aromatic nitrogens is 2. The number of carbonyl (C=O) groups is 1. The molecular formula is C21H23N3O2. The predicted octanol–water partition coefficient (Wildman–Crippen LogP) is 3.01. The number of aryl methyl sites for hydroxylation is 2. The molecule has 1 aromatic heterocycles. The highest BCUT2D eigenvalue weighted by Gasteiger charge is 2.11. The van der Waals surface area contributed by atoms with Gasteiger partial charge in [-0.15, -0.1) is 0 Å². The Morgan fingerprint density at radius 3 is 2.42 bits per heavy atom. The highest BCUT2D eigenvalue weighted by Crippen LogP contribution is 2.12. The minimum absolute atomic E-state index is 0.177. The first-order valence-electron chi connectivity index (χ1n) is 8.64. The molecular weight excluding hydrogens is 326 g/mol. The maximum atomic E-state index is 12.3. The summed E-state index contributed by atoms with van der Waals surface area (Å²) in [4.78, 5) is 12.3. The first-order chi connectivity index (χ1) is 12.5. The molecule has 5 heteroatoms. The number of benzene rings is 2. The number of nitrogens with zero attached hydrogens (tertiary/aromatic N) is 2. The SMILES string of the molecule is Cc1cc(C)n(Cc2ccc(C(=O)NC[C@H](O)c3ccccc3)cc2)n1. The van der Waals surface area contributed by atoms with Gasteiger partial charge in [-0.05, 0) is 43.2 Å². The Balaban J connectivity index is 1.57. The van der Waals surface area contributed by atoms with Gasteiger partial charge in [0, 0.05) is 17.8 Å². The van der Waals surface area contributed by atoms with E-state index in [4.69, 9.17) is 0 Å². The first-order valence-corrected chi connectivity index (χ1v) is 8.64. The normalized spacial score (nSPS) is 12.0. The number of hydrogen-bond acceptors (Lipinski definition) is 3. The number of aliphatic hydroxyl groups is 1. The first kappa shape index (κ1) is 17.9. The van der Waals surface area contributed by atoms with Crippen molar-refractivity contribution in [3.63, 3.8) is 0 Å². The fraction of sp³-hybridized carbons (Fsp3) is 0.238. The van der Waals surface area contributed by atoms with Crippen molar-refractivity contribution in [2.24, 2.45) is 0 Å². The van der Waals surface area contributed by atoms with Gasteiger partial charge in [0.2, 0.25) is 0 Å². The molecule has 0 spiro atoms. The van der Waals surface area contributed by atoms with E-state index in [0.717, 1.165) is 22.5 Å². The molecule has 0 saturated heterocycles. The van der Waals surface area contributed by atoms with Crippen LogP contribution in [0.4, 0.5) is 0 Å². The van der Waals surface area contributed by atoms with E-state index < -0.39 is 6.10 Å². The predicted molar refractivity (Wildman–Crippen MR) is 101 cm³/mol. The van der Waals surface area contributed by atoms with E-state index in [9.17, 15) is 9.90 Å². The van der Waals surface area contributed by atoms with Crippen molar-refractivity contribution < 1.29 is 9.90 Å². The molecule has 0 saturated carbocycles. The Kier molecular flexibility index (Phi) is 5.49. The summed E-state index contributed by atoms with van der Waals surface area (Å²) < 4.78 is 1.95. The molecule has 26 heavy (non-hydrogen) atoms. The second-order valence-corrected chi connectivity index (χ2v) is 6.42. The molecule has 2 aromatic carbocycles. The smallest absolute Gasteiger partial charge is 0.251 e. The van der Waals surface area contributed by atoms with Crippen LogP contribution in [-0.4, -0.2) is 27.3 Å². The second kappa shape index (κ2) is 7.97. The Bertz CT molecular complexity index is 870. The van der Waals surface area contributed by atoms with Crippen molar-refractivity contribution in [3.8, 4) is 0 Å². The molecule has 0 fully saturated rings. The van der Waals surface area contributed by atoms with Crippen LogP contribution in [0.5, 0.6) is 0 Å². The van der Waals surface area contributed by atoms with Crippen molar-refractivity contribution in [3.05, 3.63) is 88.7 Å². The number of nitrogens with one attached hydrogen (secondary N) is 1. The van der Waals surface area contributed by atoms with Crippen LogP contribution in [0.1, 0.15) is 39.0 Å². The standard InChI is InChI=1S/C21H23N3O2/c1-15-12-16(2)24(23-15)14-17-8-10-19(11-9-17)21(26)22-13-20(25)18-6-4-3-5-7-18/h3-12,20,25H,13-14H2,1-2H3,(H,22,26)/t20-/m0/s1. The molecule has 3 rings (SSSR count). The van der Waals surface area contributed by atoms with E-state index in [-0.39, 0.29) is 12.5 Å². The summed E-state index contributed by atoms with van der Waals surface area (Å²) >= 11 is 0. The minimum Gasteiger partial charge on any atom is -0.387 e. The maximum absolute atomic E-state index is 12.3. The van der Waals surface area contributed by atoms with Crippen molar-refractivity contribution in [2.45, 2.75) is 26.5 Å². The van der Waals surface area contributed by atoms with Gasteiger partial charge in [-0.3, -0.25) is 9.48 Å². The average Bonchev–Trinajstić information content (AvgIpc) is 2.97. The average molecular weight is 349 g/mol. The third kappa shape index (κ3) is 4.37. The molecule has 0 aliphatic carbocycles.